The summed E-state index contributed by atoms with van der Waals surface area (Å²) in [4.78, 5) is 9.86. The summed E-state index contributed by atoms with van der Waals surface area (Å²) >= 11 is 0. The van der Waals surface area contributed by atoms with Crippen LogP contribution in [-0.2, 0) is 11.0 Å². The molecule has 0 bridgehead atoms. The Hall–Kier alpha value is -1.52. The van der Waals surface area contributed by atoms with E-state index in [0.717, 1.165) is 12.1 Å². The predicted octanol–water partition coefficient (Wildman–Crippen LogP) is 2.24. The third-order valence-corrected chi connectivity index (χ3v) is 1.37. The molecule has 2 nitrogen and oxygen atoms in total. The molecule has 0 fully saturated rings. The number of carbonyl (C=O) groups is 1. The molecule has 70 valence electrons. The molecule has 0 aliphatic carbocycles. The summed E-state index contributed by atoms with van der Waals surface area (Å²) in [5.74, 6) is -0.481. The summed E-state index contributed by atoms with van der Waals surface area (Å²) in [7, 11) is 0. The van der Waals surface area contributed by atoms with Gasteiger partial charge in [-0.25, -0.2) is 0 Å². The number of rotatable bonds is 2. The standard InChI is InChI=1S/C8H5F3O2/c9-8(10,11)6-3-1-2-4-7(6)13-5-12/h1-5H. The number of halogens is 3. The zero-order valence-electron chi connectivity index (χ0n) is 6.34. The van der Waals surface area contributed by atoms with Gasteiger partial charge in [-0.05, 0) is 12.1 Å². The molecule has 13 heavy (non-hydrogen) atoms. The molecule has 1 aromatic carbocycles. The average molecular weight is 190 g/mol. The van der Waals surface area contributed by atoms with Crippen molar-refractivity contribution in [1.82, 2.24) is 0 Å². The lowest BCUT2D eigenvalue weighted by molar-refractivity contribution is -0.139. The molecule has 0 amide bonds. The second-order valence-electron chi connectivity index (χ2n) is 2.21. The highest BCUT2D eigenvalue weighted by atomic mass is 19.4. The molecule has 0 radical (unpaired) electrons. The first kappa shape index (κ1) is 9.57. The van der Waals surface area contributed by atoms with Gasteiger partial charge in [-0.3, -0.25) is 4.79 Å². The van der Waals surface area contributed by atoms with Crippen LogP contribution in [0.3, 0.4) is 0 Å². The van der Waals surface area contributed by atoms with Gasteiger partial charge in [0.1, 0.15) is 5.75 Å². The van der Waals surface area contributed by atoms with Crippen LogP contribution in [0.1, 0.15) is 5.56 Å². The van der Waals surface area contributed by atoms with Gasteiger partial charge in [0, 0.05) is 0 Å². The second-order valence-corrected chi connectivity index (χ2v) is 2.21. The van der Waals surface area contributed by atoms with Crippen LogP contribution in [0.5, 0.6) is 5.75 Å². The van der Waals surface area contributed by atoms with E-state index in [1.165, 1.54) is 12.1 Å². The van der Waals surface area contributed by atoms with Crippen molar-refractivity contribution in [2.45, 2.75) is 6.18 Å². The third-order valence-electron chi connectivity index (χ3n) is 1.37. The molecule has 0 aliphatic heterocycles. The van der Waals surface area contributed by atoms with Gasteiger partial charge < -0.3 is 4.74 Å². The average Bonchev–Trinajstić information content (AvgIpc) is 2.04. The van der Waals surface area contributed by atoms with Gasteiger partial charge in [0.2, 0.25) is 0 Å². The maximum Gasteiger partial charge on any atom is 0.419 e. The molecular formula is C8H5F3O2. The number of alkyl halides is 3. The first-order valence-electron chi connectivity index (χ1n) is 3.32. The van der Waals surface area contributed by atoms with Crippen molar-refractivity contribution in [3.63, 3.8) is 0 Å². The first-order chi connectivity index (χ1) is 6.05. The molecule has 0 aliphatic rings. The maximum atomic E-state index is 12.2. The van der Waals surface area contributed by atoms with Gasteiger partial charge in [-0.1, -0.05) is 12.1 Å². The normalized spacial score (nSPS) is 11.0. The molecule has 0 heterocycles. The van der Waals surface area contributed by atoms with E-state index < -0.39 is 17.5 Å². The predicted molar refractivity (Wildman–Crippen MR) is 38.1 cm³/mol. The van der Waals surface area contributed by atoms with Crippen molar-refractivity contribution in [1.29, 1.82) is 0 Å². The quantitative estimate of drug-likeness (QED) is 0.668. The van der Waals surface area contributed by atoms with E-state index in [0.29, 0.717) is 0 Å². The van der Waals surface area contributed by atoms with Crippen molar-refractivity contribution < 1.29 is 22.7 Å². The molecule has 0 atom stereocenters. The Bertz CT molecular complexity index is 307. The molecule has 0 saturated heterocycles. The molecular weight excluding hydrogens is 185 g/mol. The SMILES string of the molecule is O=COc1ccccc1C(F)(F)F. The highest BCUT2D eigenvalue weighted by molar-refractivity contribution is 5.48. The molecule has 0 saturated carbocycles. The Kier molecular flexibility index (Phi) is 2.55. The molecule has 0 unspecified atom stereocenters. The molecule has 0 spiro atoms. The summed E-state index contributed by atoms with van der Waals surface area (Å²) in [5.41, 5.74) is -0.956. The van der Waals surface area contributed by atoms with E-state index in [1.54, 1.807) is 0 Å². The molecule has 0 aromatic heterocycles. The molecule has 1 rings (SSSR count). The lowest BCUT2D eigenvalue weighted by Crippen LogP contribution is -2.07. The first-order valence-corrected chi connectivity index (χ1v) is 3.32. The van der Waals surface area contributed by atoms with E-state index >= 15 is 0 Å². The fourth-order valence-corrected chi connectivity index (χ4v) is 0.855. The van der Waals surface area contributed by atoms with Crippen molar-refractivity contribution in [3.8, 4) is 5.75 Å². The fourth-order valence-electron chi connectivity index (χ4n) is 0.855. The summed E-state index contributed by atoms with van der Waals surface area (Å²) in [5, 5.41) is 0. The number of carbonyl (C=O) groups excluding carboxylic acids is 1. The van der Waals surface area contributed by atoms with E-state index in [-0.39, 0.29) is 6.47 Å². The smallest absolute Gasteiger partial charge is 0.419 e. The van der Waals surface area contributed by atoms with Crippen LogP contribution >= 0.6 is 0 Å². The van der Waals surface area contributed by atoms with Gasteiger partial charge in [-0.15, -0.1) is 0 Å². The van der Waals surface area contributed by atoms with E-state index in [1.807, 2.05) is 0 Å². The van der Waals surface area contributed by atoms with E-state index in [4.69, 9.17) is 0 Å². The summed E-state index contributed by atoms with van der Waals surface area (Å²) in [6, 6.07) is 4.50. The minimum absolute atomic E-state index is 0.0371. The second kappa shape index (κ2) is 3.47. The minimum atomic E-state index is -4.50. The summed E-state index contributed by atoms with van der Waals surface area (Å²) < 4.78 is 40.7. The van der Waals surface area contributed by atoms with Crippen LogP contribution in [0, 0.1) is 0 Å². The monoisotopic (exact) mass is 190 g/mol. The zero-order valence-corrected chi connectivity index (χ0v) is 6.34. The number of hydrogen-bond donors (Lipinski definition) is 0. The van der Waals surface area contributed by atoms with Gasteiger partial charge in [0.05, 0.1) is 5.56 Å². The van der Waals surface area contributed by atoms with Crippen LogP contribution in [0.15, 0.2) is 24.3 Å². The van der Waals surface area contributed by atoms with Crippen molar-refractivity contribution in [2.24, 2.45) is 0 Å². The Balaban J connectivity index is 3.11. The van der Waals surface area contributed by atoms with Gasteiger partial charge in [0.15, 0.2) is 0 Å². The third kappa shape index (κ3) is 2.21. The highest BCUT2D eigenvalue weighted by Crippen LogP contribution is 2.35. The van der Waals surface area contributed by atoms with Gasteiger partial charge in [-0.2, -0.15) is 13.2 Å². The van der Waals surface area contributed by atoms with Crippen LogP contribution in [0.4, 0.5) is 13.2 Å². The molecule has 0 N–H and O–H groups in total. The van der Waals surface area contributed by atoms with Crippen molar-refractivity contribution in [3.05, 3.63) is 29.8 Å². The van der Waals surface area contributed by atoms with Crippen LogP contribution in [0.2, 0.25) is 0 Å². The topological polar surface area (TPSA) is 26.3 Å². The Morgan fingerprint density at radius 2 is 1.85 bits per heavy atom. The van der Waals surface area contributed by atoms with Gasteiger partial charge >= 0.3 is 6.18 Å². The molecule has 5 heteroatoms. The largest absolute Gasteiger partial charge is 0.428 e. The summed E-state index contributed by atoms with van der Waals surface area (Å²) in [6.07, 6.45) is -4.50. The highest BCUT2D eigenvalue weighted by Gasteiger charge is 2.33. The van der Waals surface area contributed by atoms with Crippen molar-refractivity contribution >= 4 is 6.47 Å². The van der Waals surface area contributed by atoms with Gasteiger partial charge in [0.25, 0.3) is 6.47 Å². The van der Waals surface area contributed by atoms with E-state index in [2.05, 4.69) is 4.74 Å². The number of para-hydroxylation sites is 1. The number of benzene rings is 1. The lowest BCUT2D eigenvalue weighted by Gasteiger charge is -2.09. The Morgan fingerprint density at radius 1 is 1.23 bits per heavy atom. The minimum Gasteiger partial charge on any atom is -0.428 e. The van der Waals surface area contributed by atoms with Crippen LogP contribution in [-0.4, -0.2) is 6.47 Å². The van der Waals surface area contributed by atoms with Crippen molar-refractivity contribution in [2.75, 3.05) is 0 Å². The van der Waals surface area contributed by atoms with Crippen LogP contribution < -0.4 is 4.74 Å². The zero-order chi connectivity index (χ0) is 9.90. The summed E-state index contributed by atoms with van der Waals surface area (Å²) in [6.45, 7) is -0.0371. The fraction of sp³-hybridized carbons (Fsp3) is 0.125. The number of hydrogen-bond acceptors (Lipinski definition) is 2. The van der Waals surface area contributed by atoms with Crippen LogP contribution in [0.25, 0.3) is 0 Å². The Morgan fingerprint density at radius 3 is 2.38 bits per heavy atom. The number of ether oxygens (including phenoxy) is 1. The maximum absolute atomic E-state index is 12.2. The van der Waals surface area contributed by atoms with E-state index in [9.17, 15) is 18.0 Å². The Labute approximate surface area is 71.9 Å². The molecule has 1 aromatic rings. The lowest BCUT2D eigenvalue weighted by atomic mass is 10.2.